The molecule has 1 aromatic carbocycles. The summed E-state index contributed by atoms with van der Waals surface area (Å²) >= 11 is 0. The van der Waals surface area contributed by atoms with Crippen LogP contribution in [-0.4, -0.2) is 26.9 Å². The maximum absolute atomic E-state index is 14.0. The number of hydrogen-bond donors (Lipinski definition) is 1. The van der Waals surface area contributed by atoms with Gasteiger partial charge in [0.15, 0.2) is 0 Å². The molecule has 0 spiro atoms. The van der Waals surface area contributed by atoms with Crippen LogP contribution in [0.2, 0.25) is 0 Å². The Kier molecular flexibility index (Phi) is 6.68. The van der Waals surface area contributed by atoms with Gasteiger partial charge in [-0.15, -0.1) is 0 Å². The number of nitrogens with one attached hydrogen (secondary N) is 1. The van der Waals surface area contributed by atoms with Crippen molar-refractivity contribution in [3.05, 3.63) is 29.6 Å². The molecule has 0 bridgehead atoms. The van der Waals surface area contributed by atoms with Gasteiger partial charge >= 0.3 is 0 Å². The van der Waals surface area contributed by atoms with Gasteiger partial charge < -0.3 is 14.8 Å². The molecule has 102 valence electrons. The minimum atomic E-state index is -0.261. The van der Waals surface area contributed by atoms with Crippen LogP contribution in [0.25, 0.3) is 0 Å². The molecule has 0 heterocycles. The van der Waals surface area contributed by atoms with Gasteiger partial charge in [0, 0.05) is 12.2 Å². The second kappa shape index (κ2) is 8.06. The SMILES string of the molecule is CCCNC(COCC)c1c(F)cccc1OC. The molecule has 0 saturated heterocycles. The van der Waals surface area contributed by atoms with Gasteiger partial charge in [-0.3, -0.25) is 0 Å². The van der Waals surface area contributed by atoms with Crippen molar-refractivity contribution in [1.82, 2.24) is 5.32 Å². The Hall–Kier alpha value is -1.13. The lowest BCUT2D eigenvalue weighted by molar-refractivity contribution is 0.121. The lowest BCUT2D eigenvalue weighted by Crippen LogP contribution is -2.27. The van der Waals surface area contributed by atoms with E-state index in [0.29, 0.717) is 24.5 Å². The fraction of sp³-hybridized carbons (Fsp3) is 0.571. The summed E-state index contributed by atoms with van der Waals surface area (Å²) in [6.07, 6.45) is 0.986. The van der Waals surface area contributed by atoms with Crippen LogP contribution in [0.3, 0.4) is 0 Å². The van der Waals surface area contributed by atoms with Crippen molar-refractivity contribution in [2.45, 2.75) is 26.3 Å². The van der Waals surface area contributed by atoms with Crippen molar-refractivity contribution in [2.75, 3.05) is 26.9 Å². The fourth-order valence-corrected chi connectivity index (χ4v) is 1.83. The summed E-state index contributed by atoms with van der Waals surface area (Å²) in [7, 11) is 1.55. The summed E-state index contributed by atoms with van der Waals surface area (Å²) < 4.78 is 24.6. The second-order valence-electron chi connectivity index (χ2n) is 4.02. The molecule has 1 N–H and O–H groups in total. The van der Waals surface area contributed by atoms with Crippen LogP contribution in [0.4, 0.5) is 4.39 Å². The molecule has 18 heavy (non-hydrogen) atoms. The van der Waals surface area contributed by atoms with Crippen molar-refractivity contribution in [3.63, 3.8) is 0 Å². The zero-order valence-electron chi connectivity index (χ0n) is 11.3. The van der Waals surface area contributed by atoms with Gasteiger partial charge in [-0.2, -0.15) is 0 Å². The summed E-state index contributed by atoms with van der Waals surface area (Å²) in [4.78, 5) is 0. The topological polar surface area (TPSA) is 30.5 Å². The van der Waals surface area contributed by atoms with Crippen LogP contribution in [0.5, 0.6) is 5.75 Å². The average molecular weight is 255 g/mol. The maximum atomic E-state index is 14.0. The molecule has 0 aromatic heterocycles. The van der Waals surface area contributed by atoms with Gasteiger partial charge in [0.05, 0.1) is 19.8 Å². The molecule has 1 rings (SSSR count). The molecule has 0 radical (unpaired) electrons. The minimum Gasteiger partial charge on any atom is -0.496 e. The average Bonchev–Trinajstić information content (AvgIpc) is 2.39. The smallest absolute Gasteiger partial charge is 0.131 e. The first-order chi connectivity index (χ1) is 8.74. The van der Waals surface area contributed by atoms with E-state index >= 15 is 0 Å². The summed E-state index contributed by atoms with van der Waals surface area (Å²) in [5.74, 6) is 0.297. The lowest BCUT2D eigenvalue weighted by atomic mass is 10.1. The number of halogens is 1. The van der Waals surface area contributed by atoms with Crippen LogP contribution >= 0.6 is 0 Å². The van der Waals surface area contributed by atoms with E-state index in [1.807, 2.05) is 6.92 Å². The summed E-state index contributed by atoms with van der Waals surface area (Å²) in [6.45, 7) is 5.86. The van der Waals surface area contributed by atoms with E-state index in [0.717, 1.165) is 13.0 Å². The Bertz CT molecular complexity index is 350. The van der Waals surface area contributed by atoms with Crippen molar-refractivity contribution < 1.29 is 13.9 Å². The van der Waals surface area contributed by atoms with Gasteiger partial charge in [-0.05, 0) is 32.0 Å². The second-order valence-corrected chi connectivity index (χ2v) is 4.02. The highest BCUT2D eigenvalue weighted by atomic mass is 19.1. The Morgan fingerprint density at radius 1 is 1.33 bits per heavy atom. The predicted molar refractivity (Wildman–Crippen MR) is 70.5 cm³/mol. The lowest BCUT2D eigenvalue weighted by Gasteiger charge is -2.21. The molecule has 1 aromatic rings. The number of ether oxygens (including phenoxy) is 2. The Balaban J connectivity index is 2.94. The van der Waals surface area contributed by atoms with E-state index in [1.54, 1.807) is 19.2 Å². The molecule has 1 unspecified atom stereocenters. The number of hydrogen-bond acceptors (Lipinski definition) is 3. The minimum absolute atomic E-state index is 0.180. The number of methoxy groups -OCH3 is 1. The van der Waals surface area contributed by atoms with Crippen LogP contribution in [0.15, 0.2) is 18.2 Å². The van der Waals surface area contributed by atoms with Crippen LogP contribution < -0.4 is 10.1 Å². The fourth-order valence-electron chi connectivity index (χ4n) is 1.83. The van der Waals surface area contributed by atoms with Crippen molar-refractivity contribution in [1.29, 1.82) is 0 Å². The first-order valence-electron chi connectivity index (χ1n) is 6.38. The monoisotopic (exact) mass is 255 g/mol. The standard InChI is InChI=1S/C14H22FNO2/c1-4-9-16-12(10-18-5-2)14-11(15)7-6-8-13(14)17-3/h6-8,12,16H,4-5,9-10H2,1-3H3. The molecular formula is C14H22FNO2. The van der Waals surface area contributed by atoms with Crippen LogP contribution in [-0.2, 0) is 4.74 Å². The maximum Gasteiger partial charge on any atom is 0.131 e. The summed E-state index contributed by atoms with van der Waals surface area (Å²) in [5, 5.41) is 3.29. The highest BCUT2D eigenvalue weighted by Crippen LogP contribution is 2.28. The van der Waals surface area contributed by atoms with E-state index in [2.05, 4.69) is 12.2 Å². The van der Waals surface area contributed by atoms with Crippen molar-refractivity contribution in [3.8, 4) is 5.75 Å². The van der Waals surface area contributed by atoms with Crippen LogP contribution in [0, 0.1) is 5.82 Å². The van der Waals surface area contributed by atoms with E-state index in [4.69, 9.17) is 9.47 Å². The van der Waals surface area contributed by atoms with E-state index in [-0.39, 0.29) is 11.9 Å². The first kappa shape index (κ1) is 14.9. The highest BCUT2D eigenvalue weighted by Gasteiger charge is 2.19. The third-order valence-electron chi connectivity index (χ3n) is 2.71. The molecule has 0 aliphatic heterocycles. The molecular weight excluding hydrogens is 233 g/mol. The largest absolute Gasteiger partial charge is 0.496 e. The molecule has 0 amide bonds. The van der Waals surface area contributed by atoms with E-state index in [9.17, 15) is 4.39 Å². The van der Waals surface area contributed by atoms with Gasteiger partial charge in [0.1, 0.15) is 11.6 Å². The van der Waals surface area contributed by atoms with Gasteiger partial charge in [0.2, 0.25) is 0 Å². The number of rotatable bonds is 8. The molecule has 0 aliphatic rings. The molecule has 0 fully saturated rings. The van der Waals surface area contributed by atoms with E-state index in [1.165, 1.54) is 6.07 Å². The Morgan fingerprint density at radius 3 is 2.72 bits per heavy atom. The van der Waals surface area contributed by atoms with Crippen molar-refractivity contribution >= 4 is 0 Å². The Labute approximate surface area is 108 Å². The Morgan fingerprint density at radius 2 is 2.11 bits per heavy atom. The van der Waals surface area contributed by atoms with Crippen molar-refractivity contribution in [2.24, 2.45) is 0 Å². The third-order valence-corrected chi connectivity index (χ3v) is 2.71. The van der Waals surface area contributed by atoms with E-state index < -0.39 is 0 Å². The summed E-state index contributed by atoms with van der Waals surface area (Å²) in [5.41, 5.74) is 0.543. The zero-order chi connectivity index (χ0) is 13.4. The molecule has 1 atom stereocenters. The number of benzene rings is 1. The zero-order valence-corrected chi connectivity index (χ0v) is 11.3. The highest BCUT2D eigenvalue weighted by molar-refractivity contribution is 5.37. The van der Waals surface area contributed by atoms with Gasteiger partial charge in [-0.25, -0.2) is 4.39 Å². The normalized spacial score (nSPS) is 12.4. The molecule has 0 aliphatic carbocycles. The van der Waals surface area contributed by atoms with Gasteiger partial charge in [-0.1, -0.05) is 13.0 Å². The summed E-state index contributed by atoms with van der Waals surface area (Å²) in [6, 6.07) is 4.69. The van der Waals surface area contributed by atoms with Gasteiger partial charge in [0.25, 0.3) is 0 Å². The molecule has 4 heteroatoms. The quantitative estimate of drug-likeness (QED) is 0.774. The van der Waals surface area contributed by atoms with Crippen LogP contribution in [0.1, 0.15) is 31.9 Å². The first-order valence-corrected chi connectivity index (χ1v) is 6.38. The predicted octanol–water partition coefficient (Wildman–Crippen LogP) is 2.91. The molecule has 0 saturated carbocycles. The third kappa shape index (κ3) is 3.96. The molecule has 3 nitrogen and oxygen atoms in total.